The van der Waals surface area contributed by atoms with Crippen LogP contribution in [0.25, 0.3) is 22.6 Å². The molecule has 0 amide bonds. The summed E-state index contributed by atoms with van der Waals surface area (Å²) in [5, 5.41) is 3.08. The van der Waals surface area contributed by atoms with Gasteiger partial charge in [-0.1, -0.05) is 0 Å². The summed E-state index contributed by atoms with van der Waals surface area (Å²) in [4.78, 5) is 8.46. The molecular formula is C13H10N4OS. The van der Waals surface area contributed by atoms with Crippen molar-refractivity contribution in [2.45, 2.75) is 0 Å². The number of oxazole rings is 1. The fourth-order valence-electron chi connectivity index (χ4n) is 1.76. The van der Waals surface area contributed by atoms with Crippen molar-refractivity contribution in [3.63, 3.8) is 0 Å². The van der Waals surface area contributed by atoms with Crippen LogP contribution in [0.15, 0.2) is 47.1 Å². The fraction of sp³-hybridized carbons (Fsp3) is 0. The number of aromatic nitrogens is 2. The number of thiocarbonyl (C=S) groups is 1. The van der Waals surface area contributed by atoms with Crippen LogP contribution in [0.1, 0.15) is 0 Å². The summed E-state index contributed by atoms with van der Waals surface area (Å²) >= 11 is 4.80. The number of hydrogen-bond acceptors (Lipinski definition) is 4. The first-order valence-electron chi connectivity index (χ1n) is 5.60. The lowest BCUT2D eigenvalue weighted by molar-refractivity contribution is 0.619. The maximum absolute atomic E-state index is 5.67. The molecule has 0 bridgehead atoms. The Labute approximate surface area is 114 Å². The molecule has 2 heterocycles. The third kappa shape index (κ3) is 2.38. The van der Waals surface area contributed by atoms with Crippen LogP contribution in [-0.4, -0.2) is 15.1 Å². The number of nitrogens with zero attached hydrogens (tertiary/aromatic N) is 2. The van der Waals surface area contributed by atoms with Gasteiger partial charge < -0.3 is 15.5 Å². The van der Waals surface area contributed by atoms with Gasteiger partial charge in [0.2, 0.25) is 5.89 Å². The molecule has 6 heteroatoms. The van der Waals surface area contributed by atoms with Crippen LogP contribution in [-0.2, 0) is 0 Å². The minimum Gasteiger partial charge on any atom is -0.436 e. The Morgan fingerprint density at radius 1 is 1.32 bits per heavy atom. The Morgan fingerprint density at radius 3 is 2.95 bits per heavy atom. The zero-order chi connectivity index (χ0) is 13.2. The Balaban J connectivity index is 2.04. The van der Waals surface area contributed by atoms with Crippen molar-refractivity contribution in [2.24, 2.45) is 5.73 Å². The van der Waals surface area contributed by atoms with Gasteiger partial charge in [0, 0.05) is 18.1 Å². The smallest absolute Gasteiger partial charge is 0.228 e. The van der Waals surface area contributed by atoms with E-state index in [1.54, 1.807) is 12.4 Å². The van der Waals surface area contributed by atoms with Gasteiger partial charge in [-0.05, 0) is 42.5 Å². The van der Waals surface area contributed by atoms with E-state index >= 15 is 0 Å². The number of fused-ring (bicyclic) bond motifs is 1. The maximum Gasteiger partial charge on any atom is 0.228 e. The highest BCUT2D eigenvalue weighted by molar-refractivity contribution is 7.80. The summed E-state index contributed by atoms with van der Waals surface area (Å²) in [6, 6.07) is 9.22. The van der Waals surface area contributed by atoms with E-state index in [2.05, 4.69) is 15.3 Å². The molecular weight excluding hydrogens is 260 g/mol. The van der Waals surface area contributed by atoms with E-state index in [1.807, 2.05) is 30.3 Å². The molecule has 0 radical (unpaired) electrons. The first-order valence-corrected chi connectivity index (χ1v) is 6.00. The highest BCUT2D eigenvalue weighted by Gasteiger charge is 2.08. The Bertz CT molecular complexity index is 739. The van der Waals surface area contributed by atoms with Crippen LogP contribution in [0.4, 0.5) is 5.69 Å². The average Bonchev–Trinajstić information content (AvgIpc) is 2.82. The predicted octanol–water partition coefficient (Wildman–Crippen LogP) is 2.55. The molecule has 19 heavy (non-hydrogen) atoms. The van der Waals surface area contributed by atoms with Gasteiger partial charge in [-0.2, -0.15) is 0 Å². The maximum atomic E-state index is 5.67. The molecule has 0 spiro atoms. The Morgan fingerprint density at radius 2 is 2.21 bits per heavy atom. The molecule has 0 unspecified atom stereocenters. The number of rotatable bonds is 2. The topological polar surface area (TPSA) is 77.0 Å². The molecule has 1 aromatic carbocycles. The van der Waals surface area contributed by atoms with Crippen LogP contribution in [0.5, 0.6) is 0 Å². The largest absolute Gasteiger partial charge is 0.436 e. The van der Waals surface area contributed by atoms with Crippen molar-refractivity contribution in [3.8, 4) is 11.5 Å². The van der Waals surface area contributed by atoms with E-state index in [-0.39, 0.29) is 5.11 Å². The summed E-state index contributed by atoms with van der Waals surface area (Å²) < 4.78 is 5.67. The van der Waals surface area contributed by atoms with Gasteiger partial charge in [-0.25, -0.2) is 4.98 Å². The van der Waals surface area contributed by atoms with Gasteiger partial charge in [-0.15, -0.1) is 0 Å². The van der Waals surface area contributed by atoms with Gasteiger partial charge in [0.25, 0.3) is 0 Å². The molecule has 0 fully saturated rings. The lowest BCUT2D eigenvalue weighted by Gasteiger charge is -2.01. The highest BCUT2D eigenvalue weighted by atomic mass is 32.1. The van der Waals surface area contributed by atoms with Crippen LogP contribution < -0.4 is 11.1 Å². The SMILES string of the molecule is NC(=S)Nc1ccc2oc(-c3cccnc3)nc2c1. The first-order chi connectivity index (χ1) is 9.22. The van der Waals surface area contributed by atoms with E-state index in [0.717, 1.165) is 16.8 Å². The monoisotopic (exact) mass is 270 g/mol. The molecule has 0 aliphatic rings. The van der Waals surface area contributed by atoms with Crippen molar-refractivity contribution >= 4 is 34.1 Å². The van der Waals surface area contributed by atoms with Crippen molar-refractivity contribution in [2.75, 3.05) is 5.32 Å². The normalized spacial score (nSPS) is 10.5. The number of pyridine rings is 1. The van der Waals surface area contributed by atoms with Gasteiger partial charge in [0.15, 0.2) is 10.7 Å². The third-order valence-electron chi connectivity index (χ3n) is 2.56. The predicted molar refractivity (Wildman–Crippen MR) is 77.6 cm³/mol. The van der Waals surface area contributed by atoms with Crippen molar-refractivity contribution < 1.29 is 4.42 Å². The summed E-state index contributed by atoms with van der Waals surface area (Å²) in [7, 11) is 0. The molecule has 0 saturated carbocycles. The van der Waals surface area contributed by atoms with E-state index < -0.39 is 0 Å². The quantitative estimate of drug-likeness (QED) is 0.697. The fourth-order valence-corrected chi connectivity index (χ4v) is 1.88. The van der Waals surface area contributed by atoms with Gasteiger partial charge in [0.1, 0.15) is 5.52 Å². The number of nitrogens with one attached hydrogen (secondary N) is 1. The Kier molecular flexibility index (Phi) is 2.85. The third-order valence-corrected chi connectivity index (χ3v) is 2.67. The Hall–Kier alpha value is -2.47. The second kappa shape index (κ2) is 4.66. The number of benzene rings is 1. The van der Waals surface area contributed by atoms with Crippen LogP contribution in [0.2, 0.25) is 0 Å². The van der Waals surface area contributed by atoms with Crippen molar-refractivity contribution in [1.29, 1.82) is 0 Å². The number of nitrogens with two attached hydrogens (primary N) is 1. The van der Waals surface area contributed by atoms with Crippen LogP contribution in [0.3, 0.4) is 0 Å². The second-order valence-electron chi connectivity index (χ2n) is 3.93. The summed E-state index contributed by atoms with van der Waals surface area (Å²) in [5.74, 6) is 0.538. The van der Waals surface area contributed by atoms with Crippen molar-refractivity contribution in [3.05, 3.63) is 42.7 Å². The number of hydrogen-bond donors (Lipinski definition) is 2. The molecule has 3 rings (SSSR count). The first kappa shape index (κ1) is 11.6. The highest BCUT2D eigenvalue weighted by Crippen LogP contribution is 2.25. The standard InChI is InChI=1S/C13H10N4OS/c14-13(19)16-9-3-4-11-10(6-9)17-12(18-11)8-2-1-5-15-7-8/h1-7H,(H3,14,16,19). The minimum absolute atomic E-state index is 0.218. The molecule has 0 aliphatic carbocycles. The van der Waals surface area contributed by atoms with E-state index in [0.29, 0.717) is 11.5 Å². The molecule has 0 aliphatic heterocycles. The second-order valence-corrected chi connectivity index (χ2v) is 4.37. The molecule has 3 aromatic rings. The zero-order valence-corrected chi connectivity index (χ0v) is 10.6. The van der Waals surface area contributed by atoms with Crippen LogP contribution in [0, 0.1) is 0 Å². The van der Waals surface area contributed by atoms with Gasteiger partial charge >= 0.3 is 0 Å². The lowest BCUT2D eigenvalue weighted by Crippen LogP contribution is -2.18. The summed E-state index contributed by atoms with van der Waals surface area (Å²) in [6.07, 6.45) is 3.41. The molecule has 94 valence electrons. The number of anilines is 1. The van der Waals surface area contributed by atoms with E-state index in [4.69, 9.17) is 22.4 Å². The lowest BCUT2D eigenvalue weighted by atomic mass is 10.3. The van der Waals surface area contributed by atoms with E-state index in [9.17, 15) is 0 Å². The minimum atomic E-state index is 0.218. The van der Waals surface area contributed by atoms with Gasteiger partial charge in [0.05, 0.1) is 5.56 Å². The van der Waals surface area contributed by atoms with Crippen molar-refractivity contribution in [1.82, 2.24) is 9.97 Å². The molecule has 2 aromatic heterocycles. The molecule has 5 nitrogen and oxygen atoms in total. The van der Waals surface area contributed by atoms with E-state index in [1.165, 1.54) is 0 Å². The summed E-state index contributed by atoms with van der Waals surface area (Å²) in [6.45, 7) is 0. The molecule has 3 N–H and O–H groups in total. The van der Waals surface area contributed by atoms with Gasteiger partial charge in [-0.3, -0.25) is 4.98 Å². The summed E-state index contributed by atoms with van der Waals surface area (Å²) in [5.41, 5.74) is 8.49. The average molecular weight is 270 g/mol. The zero-order valence-electron chi connectivity index (χ0n) is 9.83. The molecule has 0 atom stereocenters. The molecule has 0 saturated heterocycles. The van der Waals surface area contributed by atoms with Crippen LogP contribution >= 0.6 is 12.2 Å².